The van der Waals surface area contributed by atoms with Gasteiger partial charge in [-0.2, -0.15) is 5.10 Å². The van der Waals surface area contributed by atoms with Gasteiger partial charge in [-0.05, 0) is 25.3 Å². The van der Waals surface area contributed by atoms with Gasteiger partial charge in [0, 0.05) is 32.1 Å². The van der Waals surface area contributed by atoms with Crippen LogP contribution >= 0.6 is 0 Å². The second-order valence-corrected chi connectivity index (χ2v) is 5.72. The number of H-pyrrole nitrogens is 1. The number of nitrogens with zero attached hydrogens (tertiary/aromatic N) is 4. The summed E-state index contributed by atoms with van der Waals surface area (Å²) in [6.45, 7) is 0.580. The summed E-state index contributed by atoms with van der Waals surface area (Å²) in [5, 5.41) is 4.18. The average molecular weight is 317 g/mol. The van der Waals surface area contributed by atoms with Crippen molar-refractivity contribution < 1.29 is 4.79 Å². The number of aryl methyl sites for hydroxylation is 1. The lowest BCUT2D eigenvalue weighted by molar-refractivity contribution is -0.136. The lowest BCUT2D eigenvalue weighted by Crippen LogP contribution is -2.43. The van der Waals surface area contributed by atoms with Gasteiger partial charge in [0.1, 0.15) is 6.54 Å². The number of carbonyl (C=O) groups excluding carboxylic acids is 1. The van der Waals surface area contributed by atoms with E-state index in [9.17, 15) is 14.4 Å². The Morgan fingerprint density at radius 2 is 2.17 bits per heavy atom. The molecular weight excluding hydrogens is 298 g/mol. The van der Waals surface area contributed by atoms with Crippen LogP contribution in [0.25, 0.3) is 0 Å². The highest BCUT2D eigenvalue weighted by Crippen LogP contribution is 2.30. The van der Waals surface area contributed by atoms with Crippen LogP contribution in [0.1, 0.15) is 31.0 Å². The SMILES string of the molecule is Cn1nccc1C1CCCCN1C(=O)Cn1ccc(=O)[nH]c1=O. The van der Waals surface area contributed by atoms with Crippen molar-refractivity contribution in [3.63, 3.8) is 0 Å². The monoisotopic (exact) mass is 317 g/mol. The van der Waals surface area contributed by atoms with Crippen molar-refractivity contribution >= 4 is 5.91 Å². The summed E-state index contributed by atoms with van der Waals surface area (Å²) in [6.07, 6.45) is 5.95. The van der Waals surface area contributed by atoms with Crippen molar-refractivity contribution in [1.82, 2.24) is 24.2 Å². The number of aromatic nitrogens is 4. The molecule has 8 nitrogen and oxygen atoms in total. The van der Waals surface area contributed by atoms with E-state index in [-0.39, 0.29) is 18.5 Å². The van der Waals surface area contributed by atoms with E-state index in [0.717, 1.165) is 25.0 Å². The molecule has 122 valence electrons. The Hall–Kier alpha value is -2.64. The highest BCUT2D eigenvalue weighted by molar-refractivity contribution is 5.76. The third-order valence-corrected chi connectivity index (χ3v) is 4.23. The van der Waals surface area contributed by atoms with E-state index in [1.807, 2.05) is 13.1 Å². The van der Waals surface area contributed by atoms with Crippen LogP contribution in [0, 0.1) is 0 Å². The molecule has 2 aromatic rings. The predicted octanol–water partition coefficient (Wildman–Crippen LogP) is 0.0239. The van der Waals surface area contributed by atoms with Crippen molar-refractivity contribution in [2.75, 3.05) is 6.54 Å². The Bertz CT molecular complexity index is 819. The molecule has 3 rings (SSSR count). The number of carbonyl (C=O) groups is 1. The first-order valence-corrected chi connectivity index (χ1v) is 7.63. The third-order valence-electron chi connectivity index (χ3n) is 4.23. The minimum absolute atomic E-state index is 0.0257. The van der Waals surface area contributed by atoms with Crippen molar-refractivity contribution in [1.29, 1.82) is 0 Å². The Morgan fingerprint density at radius 3 is 2.87 bits per heavy atom. The maximum atomic E-state index is 12.7. The molecule has 0 saturated carbocycles. The molecule has 1 unspecified atom stereocenters. The lowest BCUT2D eigenvalue weighted by Gasteiger charge is -2.35. The average Bonchev–Trinajstić information content (AvgIpc) is 2.96. The zero-order chi connectivity index (χ0) is 16.4. The summed E-state index contributed by atoms with van der Waals surface area (Å²) < 4.78 is 3.00. The van der Waals surface area contributed by atoms with E-state index in [1.165, 1.54) is 16.8 Å². The number of rotatable bonds is 3. The fraction of sp³-hybridized carbons (Fsp3) is 0.467. The van der Waals surface area contributed by atoms with Crippen LogP contribution in [0.5, 0.6) is 0 Å². The molecule has 1 fully saturated rings. The second-order valence-electron chi connectivity index (χ2n) is 5.72. The topological polar surface area (TPSA) is 93.0 Å². The van der Waals surface area contributed by atoms with E-state index >= 15 is 0 Å². The first-order chi connectivity index (χ1) is 11.1. The number of hydrogen-bond donors (Lipinski definition) is 1. The van der Waals surface area contributed by atoms with Gasteiger partial charge >= 0.3 is 5.69 Å². The van der Waals surface area contributed by atoms with Gasteiger partial charge in [-0.1, -0.05) is 0 Å². The molecule has 1 saturated heterocycles. The van der Waals surface area contributed by atoms with Gasteiger partial charge in [0.05, 0.1) is 11.7 Å². The highest BCUT2D eigenvalue weighted by atomic mass is 16.2. The molecular formula is C15H19N5O3. The molecule has 1 aliphatic rings. The van der Waals surface area contributed by atoms with Crippen LogP contribution in [-0.4, -0.2) is 36.7 Å². The number of hydrogen-bond acceptors (Lipinski definition) is 4. The number of piperidine rings is 1. The minimum Gasteiger partial charge on any atom is -0.333 e. The molecule has 1 aliphatic heterocycles. The Balaban J connectivity index is 1.83. The Labute approximate surface area is 132 Å². The van der Waals surface area contributed by atoms with Crippen LogP contribution in [0.3, 0.4) is 0 Å². The molecule has 0 aliphatic carbocycles. The Kier molecular flexibility index (Phi) is 4.14. The van der Waals surface area contributed by atoms with Gasteiger partial charge < -0.3 is 4.90 Å². The van der Waals surface area contributed by atoms with E-state index in [2.05, 4.69) is 10.1 Å². The van der Waals surface area contributed by atoms with Gasteiger partial charge in [-0.3, -0.25) is 23.8 Å². The summed E-state index contributed by atoms with van der Waals surface area (Å²) >= 11 is 0. The predicted molar refractivity (Wildman–Crippen MR) is 82.8 cm³/mol. The zero-order valence-corrected chi connectivity index (χ0v) is 12.9. The Morgan fingerprint density at radius 1 is 1.35 bits per heavy atom. The summed E-state index contributed by atoms with van der Waals surface area (Å²) in [5.74, 6) is -0.134. The fourth-order valence-electron chi connectivity index (χ4n) is 3.05. The van der Waals surface area contributed by atoms with Gasteiger partial charge in [0.15, 0.2) is 0 Å². The molecule has 0 bridgehead atoms. The molecule has 23 heavy (non-hydrogen) atoms. The van der Waals surface area contributed by atoms with Crippen LogP contribution in [0.4, 0.5) is 0 Å². The van der Waals surface area contributed by atoms with E-state index in [1.54, 1.807) is 15.8 Å². The first-order valence-electron chi connectivity index (χ1n) is 7.63. The summed E-state index contributed by atoms with van der Waals surface area (Å²) in [5.41, 5.74) is -0.0451. The molecule has 1 amide bonds. The third kappa shape index (κ3) is 3.10. The first kappa shape index (κ1) is 15.3. The molecule has 3 heterocycles. The number of aromatic amines is 1. The molecule has 2 aromatic heterocycles. The minimum atomic E-state index is -0.569. The maximum Gasteiger partial charge on any atom is 0.328 e. The van der Waals surface area contributed by atoms with Crippen molar-refractivity contribution in [3.8, 4) is 0 Å². The summed E-state index contributed by atoms with van der Waals surface area (Å²) in [4.78, 5) is 39.5. The highest BCUT2D eigenvalue weighted by Gasteiger charge is 2.29. The van der Waals surface area contributed by atoms with Crippen LogP contribution in [0.15, 0.2) is 34.1 Å². The molecule has 1 atom stereocenters. The largest absolute Gasteiger partial charge is 0.333 e. The number of amides is 1. The van der Waals surface area contributed by atoms with Crippen molar-refractivity contribution in [3.05, 3.63) is 51.1 Å². The standard InChI is InChI=1S/C15H19N5O3/c1-18-11(5-7-16-18)12-4-2-3-8-20(12)14(22)10-19-9-6-13(21)17-15(19)23/h5-7,9,12H,2-4,8,10H2,1H3,(H,17,21,23). The maximum absolute atomic E-state index is 12.7. The van der Waals surface area contributed by atoms with Gasteiger partial charge in [-0.25, -0.2) is 4.79 Å². The van der Waals surface area contributed by atoms with E-state index in [0.29, 0.717) is 6.54 Å². The van der Waals surface area contributed by atoms with Gasteiger partial charge in [-0.15, -0.1) is 0 Å². The molecule has 0 radical (unpaired) electrons. The summed E-state index contributed by atoms with van der Waals surface area (Å²) in [6, 6.07) is 3.13. The van der Waals surface area contributed by atoms with Crippen LogP contribution in [0.2, 0.25) is 0 Å². The van der Waals surface area contributed by atoms with E-state index in [4.69, 9.17) is 0 Å². The fourth-order valence-corrected chi connectivity index (χ4v) is 3.05. The lowest BCUT2D eigenvalue weighted by atomic mass is 9.99. The number of nitrogens with one attached hydrogen (secondary N) is 1. The normalized spacial score (nSPS) is 18.1. The van der Waals surface area contributed by atoms with E-state index < -0.39 is 11.2 Å². The van der Waals surface area contributed by atoms with Gasteiger partial charge in [0.2, 0.25) is 5.91 Å². The van der Waals surface area contributed by atoms with Crippen molar-refractivity contribution in [2.45, 2.75) is 31.8 Å². The molecule has 1 N–H and O–H groups in total. The molecule has 0 aromatic carbocycles. The molecule has 8 heteroatoms. The quantitative estimate of drug-likeness (QED) is 0.864. The van der Waals surface area contributed by atoms with Gasteiger partial charge in [0.25, 0.3) is 5.56 Å². The summed E-state index contributed by atoms with van der Waals surface area (Å²) in [7, 11) is 1.86. The van der Waals surface area contributed by atoms with Crippen LogP contribution < -0.4 is 11.2 Å². The zero-order valence-electron chi connectivity index (χ0n) is 12.9. The van der Waals surface area contributed by atoms with Crippen molar-refractivity contribution in [2.24, 2.45) is 7.05 Å². The molecule has 0 spiro atoms. The second kappa shape index (κ2) is 6.23. The van der Waals surface area contributed by atoms with Crippen LogP contribution in [-0.2, 0) is 18.4 Å². The number of likely N-dealkylation sites (tertiary alicyclic amines) is 1. The smallest absolute Gasteiger partial charge is 0.328 e.